The van der Waals surface area contributed by atoms with E-state index in [0.717, 1.165) is 6.92 Å². The normalized spacial score (nSPS) is 50.0. The van der Waals surface area contributed by atoms with Crippen molar-refractivity contribution in [2.75, 3.05) is 13.2 Å². The first-order valence-corrected chi connectivity index (χ1v) is 11.4. The molecule has 0 spiro atoms. The molecule has 3 aliphatic rings. The highest BCUT2D eigenvalue weighted by molar-refractivity contribution is 5.73. The summed E-state index contributed by atoms with van der Waals surface area (Å²) in [6.45, 7) is 1.00. The number of carbonyl (C=O) groups excluding carboxylic acids is 1. The van der Waals surface area contributed by atoms with E-state index in [4.69, 9.17) is 23.7 Å². The van der Waals surface area contributed by atoms with Gasteiger partial charge in [-0.2, -0.15) is 0 Å². The molecule has 0 saturated carbocycles. The SMILES string of the molecule is CC(=O)NC1C(O)OC(CO)C(OC2OC(CO)C(O)C(O)C2O)C1OC1OC(C)C(O)C(O)C1O. The standard InChI is InChI=1S/C20H35NO15/c1-5-10(25)12(27)14(29)19(32-5)36-17-9(21-6(2)24)18(31)33-8(4-23)16(17)35-20-15(30)13(28)11(26)7(3-22)34-20/h5,7-20,22-23,25-31H,3-4H2,1-2H3,(H,21,24). The van der Waals surface area contributed by atoms with Gasteiger partial charge in [-0.25, -0.2) is 0 Å². The third-order valence-electron chi connectivity index (χ3n) is 6.45. The second-order valence-electron chi connectivity index (χ2n) is 9.05. The van der Waals surface area contributed by atoms with Gasteiger partial charge < -0.3 is 75.0 Å². The zero-order chi connectivity index (χ0) is 26.9. The van der Waals surface area contributed by atoms with Crippen molar-refractivity contribution >= 4 is 5.91 Å². The molecule has 0 aromatic heterocycles. The van der Waals surface area contributed by atoms with Crippen LogP contribution in [0, 0.1) is 0 Å². The summed E-state index contributed by atoms with van der Waals surface area (Å²) in [4.78, 5) is 11.8. The molecule has 3 fully saturated rings. The average Bonchev–Trinajstić information content (AvgIpc) is 2.84. The van der Waals surface area contributed by atoms with E-state index in [9.17, 15) is 50.8 Å². The lowest BCUT2D eigenvalue weighted by Gasteiger charge is -2.49. The summed E-state index contributed by atoms with van der Waals surface area (Å²) < 4.78 is 27.7. The van der Waals surface area contributed by atoms with E-state index in [2.05, 4.69) is 5.32 Å². The summed E-state index contributed by atoms with van der Waals surface area (Å²) in [6.07, 6.45) is -22.0. The zero-order valence-electron chi connectivity index (χ0n) is 19.5. The Kier molecular flexibility index (Phi) is 9.97. The molecule has 0 aromatic carbocycles. The lowest BCUT2D eigenvalue weighted by atomic mass is 9.94. The van der Waals surface area contributed by atoms with Crippen LogP contribution in [0.4, 0.5) is 0 Å². The van der Waals surface area contributed by atoms with Gasteiger partial charge in [0.25, 0.3) is 0 Å². The van der Waals surface area contributed by atoms with Gasteiger partial charge in [-0.05, 0) is 6.92 Å². The maximum absolute atomic E-state index is 11.8. The van der Waals surface area contributed by atoms with Crippen LogP contribution in [0.5, 0.6) is 0 Å². The van der Waals surface area contributed by atoms with Gasteiger partial charge in [-0.1, -0.05) is 0 Å². The zero-order valence-corrected chi connectivity index (χ0v) is 19.5. The molecule has 10 N–H and O–H groups in total. The molecule has 3 saturated heterocycles. The van der Waals surface area contributed by atoms with Gasteiger partial charge in [0.05, 0.1) is 19.3 Å². The maximum atomic E-state index is 11.8. The molecule has 15 unspecified atom stereocenters. The summed E-state index contributed by atoms with van der Waals surface area (Å²) >= 11 is 0. The molecule has 210 valence electrons. The fraction of sp³-hybridized carbons (Fsp3) is 0.950. The number of amides is 1. The van der Waals surface area contributed by atoms with Crippen LogP contribution >= 0.6 is 0 Å². The first-order chi connectivity index (χ1) is 16.9. The van der Waals surface area contributed by atoms with Crippen LogP contribution in [0.2, 0.25) is 0 Å². The van der Waals surface area contributed by atoms with Crippen LogP contribution in [-0.4, -0.2) is 157 Å². The third-order valence-corrected chi connectivity index (χ3v) is 6.45. The number of rotatable bonds is 7. The largest absolute Gasteiger partial charge is 0.394 e. The Morgan fingerprint density at radius 3 is 1.81 bits per heavy atom. The van der Waals surface area contributed by atoms with E-state index in [-0.39, 0.29) is 0 Å². The summed E-state index contributed by atoms with van der Waals surface area (Å²) in [5, 5.41) is 93.2. The lowest BCUT2D eigenvalue weighted by molar-refractivity contribution is -0.370. The van der Waals surface area contributed by atoms with Gasteiger partial charge in [0, 0.05) is 6.92 Å². The van der Waals surface area contributed by atoms with Crippen molar-refractivity contribution in [3.05, 3.63) is 0 Å². The fourth-order valence-corrected chi connectivity index (χ4v) is 4.40. The molecule has 3 rings (SSSR count). The Morgan fingerprint density at radius 1 is 0.722 bits per heavy atom. The third kappa shape index (κ3) is 5.97. The molecule has 3 heterocycles. The van der Waals surface area contributed by atoms with E-state index in [1.807, 2.05) is 0 Å². The minimum absolute atomic E-state index is 0.640. The highest BCUT2D eigenvalue weighted by Crippen LogP contribution is 2.32. The van der Waals surface area contributed by atoms with E-state index in [0.29, 0.717) is 0 Å². The van der Waals surface area contributed by atoms with Crippen molar-refractivity contribution in [1.82, 2.24) is 5.32 Å². The predicted molar refractivity (Wildman–Crippen MR) is 111 cm³/mol. The molecule has 0 bridgehead atoms. The molecule has 16 nitrogen and oxygen atoms in total. The summed E-state index contributed by atoms with van der Waals surface area (Å²) in [6, 6.07) is -1.41. The first-order valence-electron chi connectivity index (χ1n) is 11.4. The van der Waals surface area contributed by atoms with Crippen LogP contribution in [0.3, 0.4) is 0 Å². The smallest absolute Gasteiger partial charge is 0.217 e. The van der Waals surface area contributed by atoms with Crippen molar-refractivity contribution < 1.29 is 74.4 Å². The Balaban J connectivity index is 1.92. The topological polar surface area (TPSA) is 257 Å². The van der Waals surface area contributed by atoms with Crippen molar-refractivity contribution in [3.63, 3.8) is 0 Å². The average molecular weight is 529 g/mol. The second-order valence-corrected chi connectivity index (χ2v) is 9.05. The van der Waals surface area contributed by atoms with Gasteiger partial charge in [-0.3, -0.25) is 4.79 Å². The van der Waals surface area contributed by atoms with Gasteiger partial charge >= 0.3 is 0 Å². The van der Waals surface area contributed by atoms with E-state index in [1.54, 1.807) is 0 Å². The number of aliphatic hydroxyl groups excluding tert-OH is 9. The molecule has 16 heteroatoms. The Bertz CT molecular complexity index is 729. The molecular weight excluding hydrogens is 494 g/mol. The van der Waals surface area contributed by atoms with Gasteiger partial charge in [0.1, 0.15) is 67.1 Å². The van der Waals surface area contributed by atoms with Crippen LogP contribution in [0.25, 0.3) is 0 Å². The van der Waals surface area contributed by atoms with Crippen LogP contribution in [0.15, 0.2) is 0 Å². The number of ether oxygens (including phenoxy) is 5. The highest BCUT2D eigenvalue weighted by Gasteiger charge is 2.54. The van der Waals surface area contributed by atoms with Gasteiger partial charge in [0.15, 0.2) is 18.9 Å². The molecular formula is C20H35NO15. The summed E-state index contributed by atoms with van der Waals surface area (Å²) in [7, 11) is 0. The Morgan fingerprint density at radius 2 is 1.25 bits per heavy atom. The summed E-state index contributed by atoms with van der Waals surface area (Å²) in [5.41, 5.74) is 0. The quantitative estimate of drug-likeness (QED) is 0.147. The Labute approximate surface area is 205 Å². The van der Waals surface area contributed by atoms with Crippen LogP contribution in [-0.2, 0) is 28.5 Å². The predicted octanol–water partition coefficient (Wildman–Crippen LogP) is -6.40. The molecule has 0 radical (unpaired) electrons. The van der Waals surface area contributed by atoms with E-state index in [1.165, 1.54) is 6.92 Å². The number of aliphatic hydroxyl groups is 9. The number of carbonyl (C=O) groups is 1. The van der Waals surface area contributed by atoms with Crippen molar-refractivity contribution in [2.45, 2.75) is 106 Å². The fourth-order valence-electron chi connectivity index (χ4n) is 4.40. The highest BCUT2D eigenvalue weighted by atomic mass is 16.7. The van der Waals surface area contributed by atoms with Crippen molar-refractivity contribution in [3.8, 4) is 0 Å². The number of nitrogens with one attached hydrogen (secondary N) is 1. The maximum Gasteiger partial charge on any atom is 0.217 e. The molecule has 1 amide bonds. The van der Waals surface area contributed by atoms with Gasteiger partial charge in [-0.15, -0.1) is 0 Å². The molecule has 15 atom stereocenters. The van der Waals surface area contributed by atoms with Crippen molar-refractivity contribution in [2.24, 2.45) is 0 Å². The van der Waals surface area contributed by atoms with E-state index >= 15 is 0 Å². The summed E-state index contributed by atoms with van der Waals surface area (Å²) in [5.74, 6) is -0.640. The van der Waals surface area contributed by atoms with Crippen LogP contribution in [0.1, 0.15) is 13.8 Å². The molecule has 0 aromatic rings. The van der Waals surface area contributed by atoms with Gasteiger partial charge in [0.2, 0.25) is 5.91 Å². The van der Waals surface area contributed by atoms with Crippen molar-refractivity contribution in [1.29, 1.82) is 0 Å². The first kappa shape index (κ1) is 29.5. The monoisotopic (exact) mass is 529 g/mol. The molecule has 0 aliphatic carbocycles. The van der Waals surface area contributed by atoms with Crippen LogP contribution < -0.4 is 5.32 Å². The van der Waals surface area contributed by atoms with E-state index < -0.39 is 111 Å². The number of hydrogen-bond donors (Lipinski definition) is 10. The second kappa shape index (κ2) is 12.2. The molecule has 36 heavy (non-hydrogen) atoms. The minimum atomic E-state index is -1.85. The lowest BCUT2D eigenvalue weighted by Crippen LogP contribution is -2.69. The Hall–Kier alpha value is -1.09. The molecule has 3 aliphatic heterocycles. The minimum Gasteiger partial charge on any atom is -0.394 e. The number of hydrogen-bond acceptors (Lipinski definition) is 15.